The van der Waals surface area contributed by atoms with Crippen LogP contribution in [0, 0.1) is 5.92 Å². The topological polar surface area (TPSA) is 54.4 Å². The average Bonchev–Trinajstić information content (AvgIpc) is 2.30. The highest BCUT2D eigenvalue weighted by molar-refractivity contribution is 9.10. The fraction of sp³-hybridized carbons (Fsp3) is 0.385. The van der Waals surface area contributed by atoms with Crippen LogP contribution in [-0.4, -0.2) is 16.9 Å². The van der Waals surface area contributed by atoms with E-state index in [0.29, 0.717) is 12.8 Å². The summed E-state index contributed by atoms with van der Waals surface area (Å²) in [6, 6.07) is 7.64. The molecule has 0 aromatic heterocycles. The van der Waals surface area contributed by atoms with E-state index in [1.165, 1.54) is 0 Å². The van der Waals surface area contributed by atoms with Gasteiger partial charge in [-0.05, 0) is 24.0 Å². The highest BCUT2D eigenvalue weighted by Crippen LogP contribution is 2.39. The minimum atomic E-state index is -0.876. The molecule has 1 aromatic rings. The van der Waals surface area contributed by atoms with Crippen LogP contribution in [0.1, 0.15) is 30.7 Å². The van der Waals surface area contributed by atoms with Gasteiger partial charge >= 0.3 is 5.97 Å². The van der Waals surface area contributed by atoms with E-state index in [4.69, 9.17) is 0 Å². The van der Waals surface area contributed by atoms with Gasteiger partial charge in [-0.2, -0.15) is 0 Å². The summed E-state index contributed by atoms with van der Waals surface area (Å²) in [5, 5.41) is 9.21. The van der Waals surface area contributed by atoms with Gasteiger partial charge in [0.1, 0.15) is 5.78 Å². The van der Waals surface area contributed by atoms with Gasteiger partial charge in [-0.25, -0.2) is 0 Å². The van der Waals surface area contributed by atoms with Crippen molar-refractivity contribution in [2.75, 3.05) is 0 Å². The smallest absolute Gasteiger partial charge is 0.307 e. The van der Waals surface area contributed by atoms with Gasteiger partial charge in [0.25, 0.3) is 0 Å². The quantitative estimate of drug-likeness (QED) is 0.913. The highest BCUT2D eigenvalue weighted by Gasteiger charge is 2.36. The number of ketones is 1. The lowest BCUT2D eigenvalue weighted by Gasteiger charge is -2.28. The molecule has 1 aliphatic carbocycles. The van der Waals surface area contributed by atoms with Crippen molar-refractivity contribution in [3.63, 3.8) is 0 Å². The number of hydrogen-bond acceptors (Lipinski definition) is 2. The third-order valence-electron chi connectivity index (χ3n) is 3.29. The summed E-state index contributed by atoms with van der Waals surface area (Å²) in [5.74, 6) is -1.48. The number of hydrogen-bond donors (Lipinski definition) is 1. The Morgan fingerprint density at radius 2 is 2.06 bits per heavy atom. The molecular formula is C13H13BrO3. The Labute approximate surface area is 108 Å². The zero-order valence-electron chi connectivity index (χ0n) is 9.23. The Kier molecular flexibility index (Phi) is 3.62. The van der Waals surface area contributed by atoms with Crippen molar-refractivity contribution in [2.24, 2.45) is 5.92 Å². The Bertz CT molecular complexity index is 456. The molecule has 2 rings (SSSR count). The Morgan fingerprint density at radius 3 is 2.71 bits per heavy atom. The molecule has 0 amide bonds. The van der Waals surface area contributed by atoms with Crippen LogP contribution in [0.15, 0.2) is 28.7 Å². The van der Waals surface area contributed by atoms with Crippen molar-refractivity contribution >= 4 is 27.7 Å². The summed E-state index contributed by atoms with van der Waals surface area (Å²) in [5.41, 5.74) is 0.993. The number of aliphatic carboxylic acids is 1. The van der Waals surface area contributed by atoms with E-state index in [0.717, 1.165) is 10.0 Å². The van der Waals surface area contributed by atoms with Gasteiger partial charge < -0.3 is 5.11 Å². The van der Waals surface area contributed by atoms with Crippen molar-refractivity contribution in [1.29, 1.82) is 0 Å². The number of carboxylic acids is 1. The van der Waals surface area contributed by atoms with E-state index in [2.05, 4.69) is 15.9 Å². The second-order valence-electron chi connectivity index (χ2n) is 4.35. The predicted molar refractivity (Wildman–Crippen MR) is 66.9 cm³/mol. The molecule has 1 aromatic carbocycles. The minimum absolute atomic E-state index is 0.0562. The first-order valence-electron chi connectivity index (χ1n) is 5.58. The molecular weight excluding hydrogens is 284 g/mol. The van der Waals surface area contributed by atoms with Gasteiger partial charge in [0.05, 0.1) is 5.92 Å². The lowest BCUT2D eigenvalue weighted by molar-refractivity contribution is -0.146. The van der Waals surface area contributed by atoms with Gasteiger partial charge in [0.2, 0.25) is 0 Å². The number of benzene rings is 1. The maximum Gasteiger partial charge on any atom is 0.307 e. The van der Waals surface area contributed by atoms with Crippen molar-refractivity contribution in [3.8, 4) is 0 Å². The van der Waals surface area contributed by atoms with Gasteiger partial charge in [0.15, 0.2) is 0 Å². The molecule has 1 N–H and O–H groups in total. The van der Waals surface area contributed by atoms with Crippen LogP contribution in [0.2, 0.25) is 0 Å². The summed E-state index contributed by atoms with van der Waals surface area (Å²) in [6.45, 7) is 0. The minimum Gasteiger partial charge on any atom is -0.481 e. The molecule has 0 unspecified atom stereocenters. The van der Waals surface area contributed by atoms with Crippen molar-refractivity contribution in [3.05, 3.63) is 34.3 Å². The molecule has 90 valence electrons. The summed E-state index contributed by atoms with van der Waals surface area (Å²) in [7, 11) is 0. The molecule has 1 saturated carbocycles. The van der Waals surface area contributed by atoms with E-state index in [1.54, 1.807) is 0 Å². The summed E-state index contributed by atoms with van der Waals surface area (Å²) < 4.78 is 0.922. The lowest BCUT2D eigenvalue weighted by Crippen LogP contribution is -2.29. The SMILES string of the molecule is O=C1CC[C@@H](c2ccccc2Br)[C@H](C(=O)O)C1. The van der Waals surface area contributed by atoms with Crippen LogP contribution >= 0.6 is 15.9 Å². The number of Topliss-reactive ketones (excluding diaryl/α,β-unsaturated/α-hetero) is 1. The number of carbonyl (C=O) groups is 2. The molecule has 0 aliphatic heterocycles. The zero-order valence-corrected chi connectivity index (χ0v) is 10.8. The molecule has 1 fully saturated rings. The first-order chi connectivity index (χ1) is 8.09. The van der Waals surface area contributed by atoms with E-state index in [1.807, 2.05) is 24.3 Å². The predicted octanol–water partition coefficient (Wildman–Crippen LogP) is 2.99. The maximum absolute atomic E-state index is 11.4. The highest BCUT2D eigenvalue weighted by atomic mass is 79.9. The molecule has 17 heavy (non-hydrogen) atoms. The zero-order chi connectivity index (χ0) is 12.4. The summed E-state index contributed by atoms with van der Waals surface area (Å²) in [6.07, 6.45) is 1.26. The third kappa shape index (κ3) is 2.57. The number of carboxylic acid groups (broad SMARTS) is 1. The lowest BCUT2D eigenvalue weighted by atomic mass is 9.75. The molecule has 0 spiro atoms. The number of carbonyl (C=O) groups excluding carboxylic acids is 1. The van der Waals surface area contributed by atoms with E-state index >= 15 is 0 Å². The maximum atomic E-state index is 11.4. The van der Waals surface area contributed by atoms with Gasteiger partial charge in [-0.1, -0.05) is 34.1 Å². The standard InChI is InChI=1S/C13H13BrO3/c14-12-4-2-1-3-10(12)9-6-5-8(15)7-11(9)13(16)17/h1-4,9,11H,5-7H2,(H,16,17)/t9-,11+/m0/s1. The van der Waals surface area contributed by atoms with Crippen molar-refractivity contribution in [2.45, 2.75) is 25.2 Å². The van der Waals surface area contributed by atoms with E-state index in [-0.39, 0.29) is 18.1 Å². The van der Waals surface area contributed by atoms with Gasteiger partial charge in [-0.15, -0.1) is 0 Å². The van der Waals surface area contributed by atoms with Crippen LogP contribution in [0.3, 0.4) is 0 Å². The molecule has 0 radical (unpaired) electrons. The van der Waals surface area contributed by atoms with Crippen molar-refractivity contribution in [1.82, 2.24) is 0 Å². The Balaban J connectivity index is 2.33. The van der Waals surface area contributed by atoms with Crippen LogP contribution < -0.4 is 0 Å². The largest absolute Gasteiger partial charge is 0.481 e. The van der Waals surface area contributed by atoms with E-state index in [9.17, 15) is 14.7 Å². The molecule has 4 heteroatoms. The molecule has 3 nitrogen and oxygen atoms in total. The molecule has 0 heterocycles. The van der Waals surface area contributed by atoms with Gasteiger partial charge in [-0.3, -0.25) is 9.59 Å². The molecule has 0 bridgehead atoms. The average molecular weight is 297 g/mol. The van der Waals surface area contributed by atoms with Crippen LogP contribution in [0.4, 0.5) is 0 Å². The molecule has 2 atom stereocenters. The second kappa shape index (κ2) is 5.00. The van der Waals surface area contributed by atoms with E-state index < -0.39 is 11.9 Å². The number of rotatable bonds is 2. The Hall–Kier alpha value is -1.16. The second-order valence-corrected chi connectivity index (χ2v) is 5.21. The monoisotopic (exact) mass is 296 g/mol. The fourth-order valence-electron chi connectivity index (χ4n) is 2.41. The fourth-order valence-corrected chi connectivity index (χ4v) is 2.99. The van der Waals surface area contributed by atoms with Crippen LogP contribution in [0.5, 0.6) is 0 Å². The Morgan fingerprint density at radius 1 is 1.35 bits per heavy atom. The normalized spacial score (nSPS) is 24.6. The van der Waals surface area contributed by atoms with Crippen molar-refractivity contribution < 1.29 is 14.7 Å². The summed E-state index contributed by atoms with van der Waals surface area (Å²) >= 11 is 3.45. The number of halogens is 1. The first kappa shape index (κ1) is 12.3. The molecule has 1 aliphatic rings. The third-order valence-corrected chi connectivity index (χ3v) is 4.01. The van der Waals surface area contributed by atoms with Crippen LogP contribution in [0.25, 0.3) is 0 Å². The molecule has 0 saturated heterocycles. The first-order valence-corrected chi connectivity index (χ1v) is 6.38. The van der Waals surface area contributed by atoms with Gasteiger partial charge in [0, 0.05) is 17.3 Å². The van der Waals surface area contributed by atoms with Crippen LogP contribution in [-0.2, 0) is 9.59 Å². The summed E-state index contributed by atoms with van der Waals surface area (Å²) in [4.78, 5) is 22.6.